The van der Waals surface area contributed by atoms with Gasteiger partial charge in [-0.2, -0.15) is 0 Å². The second-order valence-corrected chi connectivity index (χ2v) is 9.90. The van der Waals surface area contributed by atoms with Gasteiger partial charge >= 0.3 is 0 Å². The number of hydrogen-bond acceptors (Lipinski definition) is 3. The molecule has 2 aliphatic heterocycles. The second kappa shape index (κ2) is 5.15. The number of Topliss-reactive ketones (excluding diaryl/α,β-unsaturated/α-hetero) is 1. The van der Waals surface area contributed by atoms with Gasteiger partial charge in [0.2, 0.25) is 0 Å². The zero-order chi connectivity index (χ0) is 17.9. The van der Waals surface area contributed by atoms with E-state index in [2.05, 4.69) is 26.1 Å². The summed E-state index contributed by atoms with van der Waals surface area (Å²) in [7, 11) is 2.36. The average molecular weight is 371 g/mol. The smallest absolute Gasteiger partial charge is 0.174 e. The van der Waals surface area contributed by atoms with Crippen molar-refractivity contribution in [2.24, 2.45) is 5.92 Å². The summed E-state index contributed by atoms with van der Waals surface area (Å²) < 4.78 is 7.30. The molecule has 1 aromatic rings. The fourth-order valence-electron chi connectivity index (χ4n) is 7.09. The third kappa shape index (κ3) is 1.89. The predicted octanol–water partition coefficient (Wildman–Crippen LogP) is 2.91. The Morgan fingerprint density at radius 3 is 2.81 bits per heavy atom. The highest BCUT2D eigenvalue weighted by Gasteiger charge is 2.76. The van der Waals surface area contributed by atoms with Gasteiger partial charge in [-0.25, -0.2) is 0 Å². The molecule has 1 spiro atoms. The van der Waals surface area contributed by atoms with E-state index in [-0.39, 0.29) is 19.3 Å². The zero-order valence-corrected chi connectivity index (χ0v) is 15.8. The van der Waals surface area contributed by atoms with Crippen LogP contribution in [0.2, 0.25) is 0 Å². The fraction of sp³-hybridized carbons (Fsp3) is 0.696. The molecule has 146 valence electrons. The minimum Gasteiger partial charge on any atom is -0.481 e. The third-order valence-corrected chi connectivity index (χ3v) is 8.49. The van der Waals surface area contributed by atoms with Crippen LogP contribution in [-0.4, -0.2) is 53.3 Å². The van der Waals surface area contributed by atoms with Crippen molar-refractivity contribution in [3.8, 4) is 5.75 Å². The van der Waals surface area contributed by atoms with Gasteiger partial charge in [0.1, 0.15) is 17.4 Å². The Bertz CT molecular complexity index is 846. The minimum atomic E-state index is -0.820. The first-order valence-corrected chi connectivity index (χ1v) is 10.3. The number of ether oxygens (including phenoxy) is 1. The molecule has 0 aromatic heterocycles. The monoisotopic (exact) mass is 370 g/mol. The number of aliphatic hydroxyl groups is 1. The molecule has 2 saturated carbocycles. The maximum atomic E-state index is 12.9. The molecule has 0 radical (unpaired) electrons. The summed E-state index contributed by atoms with van der Waals surface area (Å²) in [6, 6.07) is 4.55. The molecule has 4 heteroatoms. The molecule has 27 heavy (non-hydrogen) atoms. The largest absolute Gasteiger partial charge is 0.481 e. The summed E-state index contributed by atoms with van der Waals surface area (Å²) in [5.74, 6) is 1.92. The van der Waals surface area contributed by atoms with Gasteiger partial charge in [-0.3, -0.25) is 4.79 Å². The van der Waals surface area contributed by atoms with Gasteiger partial charge < -0.3 is 14.3 Å². The van der Waals surface area contributed by atoms with E-state index in [0.717, 1.165) is 41.1 Å². The summed E-state index contributed by atoms with van der Waals surface area (Å²) in [4.78, 5) is 12.9. The molecular formula is C23H32NO3+. The van der Waals surface area contributed by atoms with Gasteiger partial charge in [-0.1, -0.05) is 19.6 Å². The summed E-state index contributed by atoms with van der Waals surface area (Å²) in [6.07, 6.45) is 5.03. The highest BCUT2D eigenvalue weighted by atomic mass is 16.5. The predicted molar refractivity (Wildman–Crippen MR) is 104 cm³/mol. The molecule has 1 aromatic carbocycles. The molecule has 6 rings (SSSR count). The van der Waals surface area contributed by atoms with Crippen molar-refractivity contribution in [2.75, 3.05) is 20.1 Å². The number of benzene rings is 1. The van der Waals surface area contributed by atoms with Crippen LogP contribution in [0.4, 0.5) is 0 Å². The second-order valence-electron chi connectivity index (χ2n) is 9.90. The lowest BCUT2D eigenvalue weighted by Crippen LogP contribution is -2.80. The van der Waals surface area contributed by atoms with E-state index in [0.29, 0.717) is 12.8 Å². The van der Waals surface area contributed by atoms with Crippen molar-refractivity contribution < 1.29 is 19.1 Å². The first-order valence-electron chi connectivity index (χ1n) is 10.3. The van der Waals surface area contributed by atoms with E-state index >= 15 is 0 Å². The minimum absolute atomic E-state index is 0. The molecule has 1 saturated heterocycles. The van der Waals surface area contributed by atoms with Crippen LogP contribution in [0.3, 0.4) is 0 Å². The molecule has 1 unspecified atom stereocenters. The van der Waals surface area contributed by atoms with E-state index in [1.54, 1.807) is 0 Å². The van der Waals surface area contributed by atoms with Gasteiger partial charge in [-0.15, -0.1) is 0 Å². The van der Waals surface area contributed by atoms with Crippen molar-refractivity contribution >= 4 is 5.78 Å². The highest BCUT2D eigenvalue weighted by molar-refractivity contribution is 5.89. The number of nitrogens with zero attached hydrogens (tertiary/aromatic N) is 1. The van der Waals surface area contributed by atoms with E-state index in [1.807, 2.05) is 0 Å². The summed E-state index contributed by atoms with van der Waals surface area (Å²) in [5, 5.41) is 12.2. The maximum Gasteiger partial charge on any atom is 0.174 e. The molecular weight excluding hydrogens is 338 g/mol. The van der Waals surface area contributed by atoms with E-state index in [4.69, 9.17) is 4.74 Å². The van der Waals surface area contributed by atoms with Crippen LogP contribution in [0, 0.1) is 12.8 Å². The lowest BCUT2D eigenvalue weighted by atomic mass is 9.48. The average Bonchev–Trinajstić information content (AvgIpc) is 3.32. The molecule has 5 atom stereocenters. The van der Waals surface area contributed by atoms with E-state index in [1.165, 1.54) is 30.5 Å². The number of rotatable bonds is 2. The van der Waals surface area contributed by atoms with Gasteiger partial charge in [-0.05, 0) is 37.3 Å². The quantitative estimate of drug-likeness (QED) is 0.815. The van der Waals surface area contributed by atoms with Crippen molar-refractivity contribution in [1.82, 2.24) is 0 Å². The first kappa shape index (κ1) is 17.7. The molecule has 5 aliphatic rings. The number of hydrogen-bond donors (Lipinski definition) is 1. The number of carbonyl (C=O) groups is 1. The summed E-state index contributed by atoms with van der Waals surface area (Å²) >= 11 is 0. The summed E-state index contributed by atoms with van der Waals surface area (Å²) in [6.45, 7) is 4.29. The van der Waals surface area contributed by atoms with Crippen molar-refractivity contribution in [3.63, 3.8) is 0 Å². The lowest BCUT2D eigenvalue weighted by Gasteiger charge is -2.64. The first-order chi connectivity index (χ1) is 12.4. The number of quaternary nitrogens is 1. The molecule has 4 nitrogen and oxygen atoms in total. The molecule has 2 heterocycles. The Hall–Kier alpha value is -1.39. The van der Waals surface area contributed by atoms with Gasteiger partial charge in [0.15, 0.2) is 11.9 Å². The highest BCUT2D eigenvalue weighted by Crippen LogP contribution is 2.65. The molecule has 3 aliphatic carbocycles. The topological polar surface area (TPSA) is 46.5 Å². The number of aryl methyl sites for hydroxylation is 1. The Morgan fingerprint density at radius 1 is 1.30 bits per heavy atom. The molecule has 3 fully saturated rings. The normalized spacial score (nSPS) is 43.6. The number of likely N-dealkylation sites (N-methyl/N-ethyl adjacent to an activating group) is 1. The van der Waals surface area contributed by atoms with Crippen LogP contribution in [0.1, 0.15) is 56.2 Å². The van der Waals surface area contributed by atoms with Crippen LogP contribution in [0.25, 0.3) is 0 Å². The van der Waals surface area contributed by atoms with Crippen LogP contribution >= 0.6 is 0 Å². The van der Waals surface area contributed by atoms with E-state index < -0.39 is 17.1 Å². The SMILES string of the molecule is C.Cc1ccc2c3c1O[C@H]1C(=O)CC[C@@]4(O)C(C2)[N@+](C)(CC2CC2)CC[C@]314. The van der Waals surface area contributed by atoms with Crippen molar-refractivity contribution in [1.29, 1.82) is 0 Å². The van der Waals surface area contributed by atoms with Crippen LogP contribution < -0.4 is 4.74 Å². The van der Waals surface area contributed by atoms with Gasteiger partial charge in [0.05, 0.1) is 25.6 Å². The maximum absolute atomic E-state index is 12.9. The fourth-order valence-corrected chi connectivity index (χ4v) is 7.09. The Labute approximate surface area is 162 Å². The standard InChI is InChI=1S/C22H28NO3.CH4/c1-13-3-6-15-11-17-22(25)8-7-16(24)20-21(22,18(15)19(13)26-20)9-10-23(17,2)12-14-4-5-14;/h3,6,14,17,20,25H,4-5,7-12H2,1-2H3;1H4/q+1;/t17?,20-,21-,22+,23-;/m0./s1. The zero-order valence-electron chi connectivity index (χ0n) is 15.8. The Balaban J connectivity index is 0.00000160. The number of likely N-dealkylation sites (tertiary alicyclic amines) is 1. The Kier molecular flexibility index (Phi) is 3.37. The van der Waals surface area contributed by atoms with Gasteiger partial charge in [0, 0.05) is 30.7 Å². The number of ketones is 1. The molecule has 1 N–H and O–H groups in total. The van der Waals surface area contributed by atoms with Crippen LogP contribution in [0.5, 0.6) is 5.75 Å². The number of piperidine rings is 1. The third-order valence-electron chi connectivity index (χ3n) is 8.49. The molecule has 2 bridgehead atoms. The lowest BCUT2D eigenvalue weighted by molar-refractivity contribution is -0.950. The molecule has 0 amide bonds. The van der Waals surface area contributed by atoms with Crippen molar-refractivity contribution in [3.05, 3.63) is 28.8 Å². The number of carbonyl (C=O) groups excluding carboxylic acids is 1. The van der Waals surface area contributed by atoms with E-state index in [9.17, 15) is 9.90 Å². The van der Waals surface area contributed by atoms with Crippen molar-refractivity contribution in [2.45, 2.75) is 76.0 Å². The summed E-state index contributed by atoms with van der Waals surface area (Å²) in [5.41, 5.74) is 2.27. The van der Waals surface area contributed by atoms with Crippen LogP contribution in [-0.2, 0) is 16.6 Å². The van der Waals surface area contributed by atoms with Gasteiger partial charge in [0.25, 0.3) is 0 Å². The Morgan fingerprint density at radius 2 is 2.07 bits per heavy atom. The van der Waals surface area contributed by atoms with Crippen LogP contribution in [0.15, 0.2) is 12.1 Å².